The molecule has 30 heavy (non-hydrogen) atoms. The van der Waals surface area contributed by atoms with Gasteiger partial charge < -0.3 is 14.0 Å². The molecule has 0 spiro atoms. The second-order valence-corrected chi connectivity index (χ2v) is 8.21. The van der Waals surface area contributed by atoms with Crippen LogP contribution in [0, 0.1) is 19.8 Å². The fourth-order valence-electron chi connectivity index (χ4n) is 3.96. The molecule has 1 fully saturated rings. The molecule has 1 saturated carbocycles. The second-order valence-electron chi connectivity index (χ2n) is 8.21. The van der Waals surface area contributed by atoms with E-state index >= 15 is 0 Å². The summed E-state index contributed by atoms with van der Waals surface area (Å²) in [4.78, 5) is 11.9. The zero-order chi connectivity index (χ0) is 21.1. The highest BCUT2D eigenvalue weighted by molar-refractivity contribution is 5.46. The van der Waals surface area contributed by atoms with E-state index in [1.165, 1.54) is 24.0 Å². The summed E-state index contributed by atoms with van der Waals surface area (Å²) in [5.74, 6) is 2.37. The average Bonchev–Trinajstić information content (AvgIpc) is 3.57. The summed E-state index contributed by atoms with van der Waals surface area (Å²) in [5.41, 5.74) is 4.40. The number of ether oxygens (including phenoxy) is 2. The van der Waals surface area contributed by atoms with Gasteiger partial charge in [0.15, 0.2) is 16.9 Å². The van der Waals surface area contributed by atoms with E-state index in [4.69, 9.17) is 9.47 Å². The van der Waals surface area contributed by atoms with Crippen LogP contribution in [-0.4, -0.2) is 18.3 Å². The Morgan fingerprint density at radius 1 is 0.933 bits per heavy atom. The van der Waals surface area contributed by atoms with Crippen molar-refractivity contribution >= 4 is 0 Å². The van der Waals surface area contributed by atoms with Gasteiger partial charge in [-0.3, -0.25) is 4.79 Å². The standard InChI is InChI=1S/C26H29NO3/c1-18-13-23(28)14-19(2)27(18)16-24(21-7-5-4-6-8-21)22-11-12-25(29-3)26(15-22)30-17-20-9-10-20/h4-8,11-15,20,24H,9-10,16-17H2,1-3H3. The van der Waals surface area contributed by atoms with Gasteiger partial charge in [-0.25, -0.2) is 0 Å². The smallest absolute Gasteiger partial charge is 0.182 e. The van der Waals surface area contributed by atoms with Gasteiger partial charge in [-0.05, 0) is 55.9 Å². The zero-order valence-corrected chi connectivity index (χ0v) is 17.9. The minimum Gasteiger partial charge on any atom is -0.493 e. The topological polar surface area (TPSA) is 40.5 Å². The summed E-state index contributed by atoms with van der Waals surface area (Å²) in [6.07, 6.45) is 2.50. The molecule has 4 heteroatoms. The Balaban J connectivity index is 1.73. The number of pyridine rings is 1. The Hall–Kier alpha value is -3.01. The minimum atomic E-state index is 0.0534. The third-order valence-electron chi connectivity index (χ3n) is 5.88. The Kier molecular flexibility index (Phi) is 5.93. The number of hydrogen-bond acceptors (Lipinski definition) is 3. The van der Waals surface area contributed by atoms with Crippen LogP contribution in [0.1, 0.15) is 41.3 Å². The lowest BCUT2D eigenvalue weighted by Gasteiger charge is -2.24. The SMILES string of the molecule is COc1ccc(C(Cn2c(C)cc(=O)cc2C)c2ccccc2)cc1OCC1CC1. The monoisotopic (exact) mass is 403 g/mol. The highest BCUT2D eigenvalue weighted by Gasteiger charge is 2.23. The zero-order valence-electron chi connectivity index (χ0n) is 17.9. The highest BCUT2D eigenvalue weighted by atomic mass is 16.5. The quantitative estimate of drug-likeness (QED) is 0.526. The normalized spacial score (nSPS) is 14.4. The molecule has 0 N–H and O–H groups in total. The van der Waals surface area contributed by atoms with Crippen molar-refractivity contribution in [2.45, 2.75) is 39.2 Å². The maximum atomic E-state index is 11.9. The predicted molar refractivity (Wildman–Crippen MR) is 120 cm³/mol. The average molecular weight is 404 g/mol. The van der Waals surface area contributed by atoms with Crippen molar-refractivity contribution in [2.75, 3.05) is 13.7 Å². The van der Waals surface area contributed by atoms with Crippen LogP contribution in [0.25, 0.3) is 0 Å². The summed E-state index contributed by atoms with van der Waals surface area (Å²) >= 11 is 0. The lowest BCUT2D eigenvalue weighted by atomic mass is 9.90. The van der Waals surface area contributed by atoms with Crippen LogP contribution >= 0.6 is 0 Å². The first-order chi connectivity index (χ1) is 14.5. The maximum absolute atomic E-state index is 11.9. The molecule has 4 nitrogen and oxygen atoms in total. The number of methoxy groups -OCH3 is 1. The van der Waals surface area contributed by atoms with Gasteiger partial charge in [0, 0.05) is 36.0 Å². The Morgan fingerprint density at radius 3 is 2.27 bits per heavy atom. The number of nitrogens with zero attached hydrogens (tertiary/aromatic N) is 1. The van der Waals surface area contributed by atoms with E-state index < -0.39 is 0 Å². The third-order valence-corrected chi connectivity index (χ3v) is 5.88. The van der Waals surface area contributed by atoms with E-state index in [2.05, 4.69) is 41.0 Å². The summed E-state index contributed by atoms with van der Waals surface area (Å²) in [5, 5.41) is 0. The minimum absolute atomic E-state index is 0.0534. The molecule has 2 aromatic carbocycles. The van der Waals surface area contributed by atoms with Crippen molar-refractivity contribution in [3.8, 4) is 11.5 Å². The van der Waals surface area contributed by atoms with Crippen molar-refractivity contribution < 1.29 is 9.47 Å². The van der Waals surface area contributed by atoms with Crippen LogP contribution in [0.4, 0.5) is 0 Å². The summed E-state index contributed by atoms with van der Waals surface area (Å²) in [6, 6.07) is 20.1. The molecule has 1 aliphatic rings. The molecular weight excluding hydrogens is 374 g/mol. The molecule has 156 valence electrons. The predicted octanol–water partition coefficient (Wildman–Crippen LogP) is 5.09. The number of rotatable bonds is 8. The van der Waals surface area contributed by atoms with E-state index in [1.807, 2.05) is 26.0 Å². The van der Waals surface area contributed by atoms with Crippen molar-refractivity contribution in [3.63, 3.8) is 0 Å². The molecule has 3 aromatic rings. The lowest BCUT2D eigenvalue weighted by molar-refractivity contribution is 0.280. The first-order valence-electron chi connectivity index (χ1n) is 10.6. The molecule has 0 bridgehead atoms. The van der Waals surface area contributed by atoms with Crippen molar-refractivity contribution in [1.82, 2.24) is 4.57 Å². The van der Waals surface area contributed by atoms with Gasteiger partial charge in [0.2, 0.25) is 0 Å². The number of aromatic nitrogens is 1. The van der Waals surface area contributed by atoms with E-state index in [1.54, 1.807) is 19.2 Å². The first kappa shape index (κ1) is 20.3. The van der Waals surface area contributed by atoms with Gasteiger partial charge in [0.05, 0.1) is 13.7 Å². The molecular formula is C26H29NO3. The Bertz CT molecular complexity index is 1040. The number of aryl methyl sites for hydroxylation is 2. The largest absolute Gasteiger partial charge is 0.493 e. The van der Waals surface area contributed by atoms with Gasteiger partial charge in [-0.2, -0.15) is 0 Å². The number of hydrogen-bond donors (Lipinski definition) is 0. The van der Waals surface area contributed by atoms with Crippen molar-refractivity contribution in [2.24, 2.45) is 5.92 Å². The van der Waals surface area contributed by atoms with Crippen molar-refractivity contribution in [3.05, 3.63) is 93.4 Å². The first-order valence-corrected chi connectivity index (χ1v) is 10.6. The van der Waals surface area contributed by atoms with Gasteiger partial charge >= 0.3 is 0 Å². The van der Waals surface area contributed by atoms with Crippen LogP contribution in [0.15, 0.2) is 65.5 Å². The van der Waals surface area contributed by atoms with E-state index in [-0.39, 0.29) is 11.3 Å². The van der Waals surface area contributed by atoms with Crippen LogP contribution in [-0.2, 0) is 6.54 Å². The lowest BCUT2D eigenvalue weighted by Crippen LogP contribution is -2.18. The second kappa shape index (κ2) is 8.78. The Labute approximate surface area is 178 Å². The molecule has 0 amide bonds. The van der Waals surface area contributed by atoms with Gasteiger partial charge in [0.25, 0.3) is 0 Å². The summed E-state index contributed by atoms with van der Waals surface area (Å²) < 4.78 is 13.9. The highest BCUT2D eigenvalue weighted by Crippen LogP contribution is 2.36. The van der Waals surface area contributed by atoms with Crippen LogP contribution in [0.2, 0.25) is 0 Å². The molecule has 0 radical (unpaired) electrons. The molecule has 0 aliphatic heterocycles. The number of benzene rings is 2. The molecule has 1 atom stereocenters. The van der Waals surface area contributed by atoms with Crippen LogP contribution in [0.5, 0.6) is 11.5 Å². The van der Waals surface area contributed by atoms with Gasteiger partial charge in [0.1, 0.15) is 0 Å². The van der Waals surface area contributed by atoms with E-state index in [0.29, 0.717) is 5.92 Å². The molecule has 1 aromatic heterocycles. The fraction of sp³-hybridized carbons (Fsp3) is 0.346. The van der Waals surface area contributed by atoms with Gasteiger partial charge in [-0.1, -0.05) is 36.4 Å². The fourth-order valence-corrected chi connectivity index (χ4v) is 3.96. The molecule has 4 rings (SSSR count). The Morgan fingerprint density at radius 2 is 1.63 bits per heavy atom. The van der Waals surface area contributed by atoms with E-state index in [0.717, 1.165) is 36.0 Å². The van der Waals surface area contributed by atoms with Crippen LogP contribution < -0.4 is 14.9 Å². The summed E-state index contributed by atoms with van der Waals surface area (Å²) in [7, 11) is 1.68. The van der Waals surface area contributed by atoms with Crippen molar-refractivity contribution in [1.29, 1.82) is 0 Å². The molecule has 1 aliphatic carbocycles. The third kappa shape index (κ3) is 4.59. The van der Waals surface area contributed by atoms with Gasteiger partial charge in [-0.15, -0.1) is 0 Å². The molecule has 0 saturated heterocycles. The maximum Gasteiger partial charge on any atom is 0.182 e. The van der Waals surface area contributed by atoms with E-state index in [9.17, 15) is 4.79 Å². The summed E-state index contributed by atoms with van der Waals surface area (Å²) in [6.45, 7) is 5.48. The van der Waals surface area contributed by atoms with Crippen LogP contribution in [0.3, 0.4) is 0 Å². The molecule has 1 heterocycles. The molecule has 1 unspecified atom stereocenters.